The van der Waals surface area contributed by atoms with E-state index in [0.29, 0.717) is 17.4 Å². The molecule has 1 N–H and O–H groups in total. The lowest BCUT2D eigenvalue weighted by Gasteiger charge is -2.12. The highest BCUT2D eigenvalue weighted by atomic mass is 79.9. The average Bonchev–Trinajstić information content (AvgIpc) is 2.36. The topological polar surface area (TPSA) is 46.2 Å². The molecule has 1 rings (SSSR count). The first kappa shape index (κ1) is 16.7. The van der Waals surface area contributed by atoms with Gasteiger partial charge in [0.15, 0.2) is 9.84 Å². The van der Waals surface area contributed by atoms with E-state index in [2.05, 4.69) is 35.1 Å². The van der Waals surface area contributed by atoms with Crippen LogP contribution in [0.1, 0.15) is 33.1 Å². The molecule has 0 heterocycles. The fourth-order valence-electron chi connectivity index (χ4n) is 1.83. The molecule has 1 atom stereocenters. The number of sulfone groups is 1. The SMILES string of the molecule is CCCNC(C)CCCS(=O)(=O)c1ccc(Br)cc1. The lowest BCUT2D eigenvalue weighted by molar-refractivity contribution is 0.506. The highest BCUT2D eigenvalue weighted by Gasteiger charge is 2.14. The standard InChI is InChI=1S/C14H22BrNO2S/c1-3-10-16-12(2)5-4-11-19(17,18)14-8-6-13(15)7-9-14/h6-9,12,16H,3-5,10-11H2,1-2H3. The van der Waals surface area contributed by atoms with Gasteiger partial charge in [-0.15, -0.1) is 0 Å². The smallest absolute Gasteiger partial charge is 0.178 e. The van der Waals surface area contributed by atoms with Crippen molar-refractivity contribution in [1.82, 2.24) is 5.32 Å². The lowest BCUT2D eigenvalue weighted by Crippen LogP contribution is -2.27. The van der Waals surface area contributed by atoms with E-state index in [9.17, 15) is 8.42 Å². The largest absolute Gasteiger partial charge is 0.314 e. The van der Waals surface area contributed by atoms with Crippen molar-refractivity contribution < 1.29 is 8.42 Å². The molecular formula is C14H22BrNO2S. The van der Waals surface area contributed by atoms with E-state index in [1.807, 2.05) is 0 Å². The predicted molar refractivity (Wildman–Crippen MR) is 83.2 cm³/mol. The molecule has 3 nitrogen and oxygen atoms in total. The minimum absolute atomic E-state index is 0.215. The quantitative estimate of drug-likeness (QED) is 0.783. The van der Waals surface area contributed by atoms with Gasteiger partial charge in [0.1, 0.15) is 0 Å². The van der Waals surface area contributed by atoms with Crippen molar-refractivity contribution in [1.29, 1.82) is 0 Å². The van der Waals surface area contributed by atoms with Gasteiger partial charge >= 0.3 is 0 Å². The van der Waals surface area contributed by atoms with Crippen LogP contribution in [0.5, 0.6) is 0 Å². The summed E-state index contributed by atoms with van der Waals surface area (Å²) in [6.07, 6.45) is 2.67. The van der Waals surface area contributed by atoms with Crippen molar-refractivity contribution in [3.8, 4) is 0 Å². The number of hydrogen-bond donors (Lipinski definition) is 1. The zero-order valence-electron chi connectivity index (χ0n) is 11.5. The summed E-state index contributed by atoms with van der Waals surface area (Å²) in [6.45, 7) is 5.21. The van der Waals surface area contributed by atoms with Crippen LogP contribution in [0.4, 0.5) is 0 Å². The van der Waals surface area contributed by atoms with Crippen molar-refractivity contribution in [2.24, 2.45) is 0 Å². The van der Waals surface area contributed by atoms with Crippen molar-refractivity contribution >= 4 is 25.8 Å². The van der Waals surface area contributed by atoms with Crippen LogP contribution in [-0.4, -0.2) is 26.8 Å². The van der Waals surface area contributed by atoms with E-state index >= 15 is 0 Å². The number of nitrogens with one attached hydrogen (secondary N) is 1. The minimum atomic E-state index is -3.14. The Balaban J connectivity index is 2.45. The Morgan fingerprint density at radius 3 is 2.47 bits per heavy atom. The second-order valence-electron chi connectivity index (χ2n) is 4.77. The molecular weight excluding hydrogens is 326 g/mol. The molecule has 0 aliphatic heterocycles. The third-order valence-electron chi connectivity index (χ3n) is 2.97. The normalized spacial score (nSPS) is 13.4. The molecule has 108 valence electrons. The van der Waals surface area contributed by atoms with Gasteiger partial charge in [0.05, 0.1) is 10.6 Å². The third kappa shape index (κ3) is 6.06. The van der Waals surface area contributed by atoms with Crippen LogP contribution >= 0.6 is 15.9 Å². The second kappa shape index (κ2) is 8.02. The van der Waals surface area contributed by atoms with Gasteiger partial charge in [0.2, 0.25) is 0 Å². The molecule has 1 unspecified atom stereocenters. The maximum atomic E-state index is 12.1. The maximum Gasteiger partial charge on any atom is 0.178 e. The summed E-state index contributed by atoms with van der Waals surface area (Å²) in [4.78, 5) is 0.407. The van der Waals surface area contributed by atoms with Gasteiger partial charge in [0.25, 0.3) is 0 Å². The molecule has 0 fully saturated rings. The summed E-state index contributed by atoms with van der Waals surface area (Å²) in [5, 5.41) is 3.36. The fourth-order valence-corrected chi connectivity index (χ4v) is 3.43. The Labute approximate surface area is 124 Å². The van der Waals surface area contributed by atoms with Crippen LogP contribution in [0.3, 0.4) is 0 Å². The molecule has 0 saturated carbocycles. The van der Waals surface area contributed by atoms with Crippen molar-refractivity contribution in [3.63, 3.8) is 0 Å². The summed E-state index contributed by atoms with van der Waals surface area (Å²) in [5.41, 5.74) is 0. The van der Waals surface area contributed by atoms with E-state index in [4.69, 9.17) is 0 Å². The summed E-state index contributed by atoms with van der Waals surface area (Å²) in [7, 11) is -3.14. The molecule has 0 saturated heterocycles. The molecule has 0 aliphatic rings. The van der Waals surface area contributed by atoms with Crippen LogP contribution in [0.25, 0.3) is 0 Å². The molecule has 0 aliphatic carbocycles. The van der Waals surface area contributed by atoms with Crippen LogP contribution in [0.2, 0.25) is 0 Å². The van der Waals surface area contributed by atoms with Crippen LogP contribution in [-0.2, 0) is 9.84 Å². The minimum Gasteiger partial charge on any atom is -0.314 e. The molecule has 0 aromatic heterocycles. The average molecular weight is 348 g/mol. The highest BCUT2D eigenvalue weighted by Crippen LogP contribution is 2.17. The molecule has 5 heteroatoms. The van der Waals surface area contributed by atoms with E-state index in [1.165, 1.54) is 0 Å². The van der Waals surface area contributed by atoms with Gasteiger partial charge in [0, 0.05) is 10.5 Å². The molecule has 19 heavy (non-hydrogen) atoms. The number of hydrogen-bond acceptors (Lipinski definition) is 3. The number of rotatable bonds is 8. The Morgan fingerprint density at radius 1 is 1.26 bits per heavy atom. The number of halogens is 1. The van der Waals surface area contributed by atoms with E-state index in [0.717, 1.165) is 23.9 Å². The van der Waals surface area contributed by atoms with E-state index in [1.54, 1.807) is 24.3 Å². The Hall–Kier alpha value is -0.390. The summed E-state index contributed by atoms with van der Waals surface area (Å²) >= 11 is 3.30. The molecule has 0 radical (unpaired) electrons. The molecule has 1 aromatic rings. The molecule has 0 spiro atoms. The van der Waals surface area contributed by atoms with Gasteiger partial charge in [-0.3, -0.25) is 0 Å². The lowest BCUT2D eigenvalue weighted by atomic mass is 10.2. The van der Waals surface area contributed by atoms with Crippen molar-refractivity contribution in [2.75, 3.05) is 12.3 Å². The van der Waals surface area contributed by atoms with E-state index in [-0.39, 0.29) is 5.75 Å². The summed E-state index contributed by atoms with van der Waals surface area (Å²) in [6, 6.07) is 7.20. The monoisotopic (exact) mass is 347 g/mol. The van der Waals surface area contributed by atoms with Crippen molar-refractivity contribution in [2.45, 2.75) is 44.0 Å². The van der Waals surface area contributed by atoms with Gasteiger partial charge in [-0.25, -0.2) is 8.42 Å². The maximum absolute atomic E-state index is 12.1. The van der Waals surface area contributed by atoms with Gasteiger partial charge in [-0.05, 0) is 57.0 Å². The first-order valence-corrected chi connectivity index (χ1v) is 9.12. The van der Waals surface area contributed by atoms with Gasteiger partial charge in [-0.2, -0.15) is 0 Å². The Bertz CT molecular complexity index is 471. The fraction of sp³-hybridized carbons (Fsp3) is 0.571. The summed E-state index contributed by atoms with van der Waals surface area (Å²) < 4.78 is 25.1. The van der Waals surface area contributed by atoms with Gasteiger partial charge in [-0.1, -0.05) is 22.9 Å². The molecule has 0 bridgehead atoms. The van der Waals surface area contributed by atoms with Crippen LogP contribution in [0, 0.1) is 0 Å². The number of benzene rings is 1. The first-order valence-electron chi connectivity index (χ1n) is 6.67. The van der Waals surface area contributed by atoms with Crippen molar-refractivity contribution in [3.05, 3.63) is 28.7 Å². The third-order valence-corrected chi connectivity index (χ3v) is 5.31. The van der Waals surface area contributed by atoms with Gasteiger partial charge < -0.3 is 5.32 Å². The predicted octanol–water partition coefficient (Wildman–Crippen LogP) is 3.39. The van der Waals surface area contributed by atoms with E-state index < -0.39 is 9.84 Å². The molecule has 0 amide bonds. The zero-order valence-corrected chi connectivity index (χ0v) is 13.9. The molecule has 1 aromatic carbocycles. The van der Waals surface area contributed by atoms with Crippen LogP contribution < -0.4 is 5.32 Å². The summed E-state index contributed by atoms with van der Waals surface area (Å²) in [5.74, 6) is 0.215. The Kier molecular flexibility index (Phi) is 7.04. The zero-order chi connectivity index (χ0) is 14.3. The highest BCUT2D eigenvalue weighted by molar-refractivity contribution is 9.10. The van der Waals surface area contributed by atoms with Crippen LogP contribution in [0.15, 0.2) is 33.6 Å². The Morgan fingerprint density at radius 2 is 1.89 bits per heavy atom. The second-order valence-corrected chi connectivity index (χ2v) is 7.80. The first-order chi connectivity index (χ1) is 8.95.